The quantitative estimate of drug-likeness (QED) is 0.764. The van der Waals surface area contributed by atoms with Crippen LogP contribution in [-0.4, -0.2) is 37.3 Å². The van der Waals surface area contributed by atoms with E-state index in [0.717, 1.165) is 0 Å². The molecule has 0 spiro atoms. The Kier molecular flexibility index (Phi) is 5.32. The zero-order chi connectivity index (χ0) is 15.9. The monoisotopic (exact) mass is 306 g/mol. The number of hydrogen-bond donors (Lipinski definition) is 2. The molecular formula is C16H18O6. The summed E-state index contributed by atoms with van der Waals surface area (Å²) in [5.41, 5.74) is 0. The summed E-state index contributed by atoms with van der Waals surface area (Å²) in [6.07, 6.45) is -1.18. The van der Waals surface area contributed by atoms with E-state index in [2.05, 4.69) is 0 Å². The summed E-state index contributed by atoms with van der Waals surface area (Å²) in [7, 11) is 2.97. The average Bonchev–Trinajstić information content (AvgIpc) is 2.55. The number of hydrogen-bond acceptors (Lipinski definition) is 6. The minimum atomic E-state index is -1.18. The first-order valence-corrected chi connectivity index (χ1v) is 6.61. The predicted molar refractivity (Wildman–Crippen MR) is 79.8 cm³/mol. The maximum absolute atomic E-state index is 9.87. The van der Waals surface area contributed by atoms with Gasteiger partial charge in [0.15, 0.2) is 29.6 Å². The third-order valence-corrected chi connectivity index (χ3v) is 2.87. The van der Waals surface area contributed by atoms with Gasteiger partial charge in [-0.1, -0.05) is 12.1 Å². The van der Waals surface area contributed by atoms with Crippen LogP contribution in [0.4, 0.5) is 0 Å². The number of aromatic hydroxyl groups is 1. The van der Waals surface area contributed by atoms with Crippen LogP contribution in [0.1, 0.15) is 0 Å². The Morgan fingerprint density at radius 1 is 0.955 bits per heavy atom. The fourth-order valence-electron chi connectivity index (χ4n) is 1.82. The molecule has 22 heavy (non-hydrogen) atoms. The van der Waals surface area contributed by atoms with Crippen LogP contribution in [0, 0.1) is 0 Å². The lowest BCUT2D eigenvalue weighted by Gasteiger charge is -2.16. The van der Waals surface area contributed by atoms with Crippen LogP contribution in [0.2, 0.25) is 0 Å². The minimum Gasteiger partial charge on any atom is -0.504 e. The molecule has 6 heteroatoms. The van der Waals surface area contributed by atoms with Crippen molar-refractivity contribution in [1.82, 2.24) is 0 Å². The summed E-state index contributed by atoms with van der Waals surface area (Å²) in [5, 5.41) is 19.4. The van der Waals surface area contributed by atoms with Gasteiger partial charge in [-0.2, -0.15) is 0 Å². The molecule has 0 aliphatic heterocycles. The second-order valence-corrected chi connectivity index (χ2v) is 4.37. The third kappa shape index (κ3) is 3.95. The van der Waals surface area contributed by atoms with Crippen molar-refractivity contribution in [3.63, 3.8) is 0 Å². The molecule has 0 aromatic heterocycles. The molecule has 2 aromatic carbocycles. The smallest absolute Gasteiger partial charge is 0.231 e. The lowest BCUT2D eigenvalue weighted by atomic mass is 10.3. The van der Waals surface area contributed by atoms with Gasteiger partial charge in [-0.25, -0.2) is 0 Å². The summed E-state index contributed by atoms with van der Waals surface area (Å²) < 4.78 is 20.9. The summed E-state index contributed by atoms with van der Waals surface area (Å²) in [6.45, 7) is -0.0798. The molecule has 0 aliphatic carbocycles. The SMILES string of the molecule is COc1cc(OC(O)COc2ccccc2OC)ccc1O. The van der Waals surface area contributed by atoms with Crippen molar-refractivity contribution < 1.29 is 29.2 Å². The van der Waals surface area contributed by atoms with Gasteiger partial charge in [0.25, 0.3) is 0 Å². The van der Waals surface area contributed by atoms with E-state index in [4.69, 9.17) is 18.9 Å². The zero-order valence-electron chi connectivity index (χ0n) is 12.4. The van der Waals surface area contributed by atoms with E-state index >= 15 is 0 Å². The molecular weight excluding hydrogens is 288 g/mol. The lowest BCUT2D eigenvalue weighted by molar-refractivity contribution is -0.0483. The summed E-state index contributed by atoms with van der Waals surface area (Å²) in [5.74, 6) is 1.69. The lowest BCUT2D eigenvalue weighted by Crippen LogP contribution is -2.24. The predicted octanol–water partition coefficient (Wildman–Crippen LogP) is 2.19. The number of phenolic OH excluding ortho intramolecular Hbond substituents is 1. The standard InChI is InChI=1S/C16H18O6/c1-19-13-5-3-4-6-14(13)21-10-16(18)22-11-7-8-12(17)15(9-11)20-2/h3-9,16-18H,10H2,1-2H3. The average molecular weight is 306 g/mol. The summed E-state index contributed by atoms with van der Waals surface area (Å²) in [4.78, 5) is 0. The van der Waals surface area contributed by atoms with E-state index in [9.17, 15) is 10.2 Å². The first-order chi connectivity index (χ1) is 10.6. The number of phenols is 1. The second-order valence-electron chi connectivity index (χ2n) is 4.37. The normalized spacial score (nSPS) is 11.6. The Balaban J connectivity index is 1.94. The molecule has 0 saturated heterocycles. The van der Waals surface area contributed by atoms with Crippen molar-refractivity contribution in [3.8, 4) is 28.7 Å². The Morgan fingerprint density at radius 3 is 2.32 bits per heavy atom. The zero-order valence-corrected chi connectivity index (χ0v) is 12.4. The highest BCUT2D eigenvalue weighted by molar-refractivity contribution is 5.44. The van der Waals surface area contributed by atoms with Crippen molar-refractivity contribution in [2.24, 2.45) is 0 Å². The van der Waals surface area contributed by atoms with Crippen molar-refractivity contribution in [2.75, 3.05) is 20.8 Å². The Morgan fingerprint density at radius 2 is 1.64 bits per heavy atom. The number of ether oxygens (including phenoxy) is 4. The fraction of sp³-hybridized carbons (Fsp3) is 0.250. The molecule has 0 fully saturated rings. The van der Waals surface area contributed by atoms with Gasteiger partial charge in [0, 0.05) is 6.07 Å². The molecule has 6 nitrogen and oxygen atoms in total. The number of methoxy groups -OCH3 is 2. The molecule has 118 valence electrons. The van der Waals surface area contributed by atoms with Crippen molar-refractivity contribution in [2.45, 2.75) is 6.29 Å². The molecule has 2 N–H and O–H groups in total. The molecule has 0 amide bonds. The minimum absolute atomic E-state index is 0.00499. The molecule has 1 atom stereocenters. The second kappa shape index (κ2) is 7.42. The van der Waals surface area contributed by atoms with Gasteiger partial charge in [0.2, 0.25) is 6.29 Å². The van der Waals surface area contributed by atoms with Gasteiger partial charge < -0.3 is 29.2 Å². The van der Waals surface area contributed by atoms with Crippen molar-refractivity contribution in [3.05, 3.63) is 42.5 Å². The van der Waals surface area contributed by atoms with Crippen LogP contribution in [0.15, 0.2) is 42.5 Å². The number of rotatable bonds is 7. The third-order valence-electron chi connectivity index (χ3n) is 2.87. The van der Waals surface area contributed by atoms with Crippen LogP contribution < -0.4 is 18.9 Å². The highest BCUT2D eigenvalue weighted by Crippen LogP contribution is 2.30. The van der Waals surface area contributed by atoms with E-state index < -0.39 is 6.29 Å². The Labute approximate surface area is 128 Å². The number of benzene rings is 2. The van der Waals surface area contributed by atoms with Crippen LogP contribution in [-0.2, 0) is 0 Å². The van der Waals surface area contributed by atoms with Crippen molar-refractivity contribution in [1.29, 1.82) is 0 Å². The highest BCUT2D eigenvalue weighted by Gasteiger charge is 2.11. The first-order valence-electron chi connectivity index (χ1n) is 6.61. The topological polar surface area (TPSA) is 77.4 Å². The Hall–Kier alpha value is -2.60. The van der Waals surface area contributed by atoms with E-state index in [1.165, 1.54) is 32.4 Å². The van der Waals surface area contributed by atoms with Gasteiger partial charge in [0.05, 0.1) is 14.2 Å². The molecule has 0 bridgehead atoms. The van der Waals surface area contributed by atoms with Crippen molar-refractivity contribution >= 4 is 0 Å². The molecule has 1 unspecified atom stereocenters. The largest absolute Gasteiger partial charge is 0.504 e. The van der Waals surface area contributed by atoms with Crippen LogP contribution >= 0.6 is 0 Å². The van der Waals surface area contributed by atoms with Gasteiger partial charge in [0.1, 0.15) is 5.75 Å². The number of para-hydroxylation sites is 2. The van der Waals surface area contributed by atoms with E-state index in [0.29, 0.717) is 17.2 Å². The van der Waals surface area contributed by atoms with Gasteiger partial charge in [-0.05, 0) is 24.3 Å². The van der Waals surface area contributed by atoms with Gasteiger partial charge >= 0.3 is 0 Å². The molecule has 2 rings (SSSR count). The number of aliphatic hydroxyl groups excluding tert-OH is 1. The van der Waals surface area contributed by atoms with Crippen LogP contribution in [0.25, 0.3) is 0 Å². The van der Waals surface area contributed by atoms with Crippen LogP contribution in [0.3, 0.4) is 0 Å². The molecule has 0 saturated carbocycles. The Bertz CT molecular complexity index is 613. The maximum atomic E-state index is 9.87. The summed E-state index contributed by atoms with van der Waals surface area (Å²) >= 11 is 0. The fourth-order valence-corrected chi connectivity index (χ4v) is 1.82. The van der Waals surface area contributed by atoms with E-state index in [1.807, 2.05) is 6.07 Å². The summed E-state index contributed by atoms with van der Waals surface area (Å²) in [6, 6.07) is 11.5. The molecule has 0 heterocycles. The van der Waals surface area contributed by atoms with E-state index in [1.54, 1.807) is 18.2 Å². The van der Waals surface area contributed by atoms with Crippen LogP contribution in [0.5, 0.6) is 28.7 Å². The van der Waals surface area contributed by atoms with Gasteiger partial charge in [-0.3, -0.25) is 0 Å². The molecule has 0 aliphatic rings. The number of aliphatic hydroxyl groups is 1. The molecule has 0 radical (unpaired) electrons. The maximum Gasteiger partial charge on any atom is 0.231 e. The molecule has 2 aromatic rings. The first kappa shape index (κ1) is 15.8. The van der Waals surface area contributed by atoms with E-state index in [-0.39, 0.29) is 18.1 Å². The van der Waals surface area contributed by atoms with Gasteiger partial charge in [-0.15, -0.1) is 0 Å². The highest BCUT2D eigenvalue weighted by atomic mass is 16.6.